The fourth-order valence-corrected chi connectivity index (χ4v) is 4.27. The van der Waals surface area contributed by atoms with Crippen LogP contribution in [-0.2, 0) is 16.1 Å². The molecule has 2 atom stereocenters. The summed E-state index contributed by atoms with van der Waals surface area (Å²) in [6, 6.07) is 3.05. The van der Waals surface area contributed by atoms with Gasteiger partial charge in [-0.1, -0.05) is 0 Å². The maximum absolute atomic E-state index is 13.0. The standard InChI is InChI=1S/C19H28N4O3/c1-3-23-12-14(4-6-17(23)25)21-19(26)15-5-7-16(24)22(2)18(15)13-8-10-20-11-9-13/h4,6,12-13,15,18,20H,3,5,7-11H2,1-2H3,(H,21,26)/t15-,18+/m0/s1. The number of anilines is 1. The Morgan fingerprint density at radius 2 is 1.96 bits per heavy atom. The summed E-state index contributed by atoms with van der Waals surface area (Å²) in [7, 11) is 1.83. The van der Waals surface area contributed by atoms with Gasteiger partial charge in [0, 0.05) is 38.3 Å². The fraction of sp³-hybridized carbons (Fsp3) is 0.632. The quantitative estimate of drug-likeness (QED) is 0.841. The number of pyridine rings is 1. The van der Waals surface area contributed by atoms with Crippen LogP contribution in [-0.4, -0.2) is 47.5 Å². The summed E-state index contributed by atoms with van der Waals surface area (Å²) in [5.74, 6) is 0.181. The molecule has 0 spiro atoms. The van der Waals surface area contributed by atoms with Gasteiger partial charge < -0.3 is 20.1 Å². The molecule has 142 valence electrons. The zero-order valence-electron chi connectivity index (χ0n) is 15.5. The summed E-state index contributed by atoms with van der Waals surface area (Å²) in [4.78, 5) is 38.8. The molecular weight excluding hydrogens is 332 g/mol. The minimum Gasteiger partial charge on any atom is -0.342 e. The van der Waals surface area contributed by atoms with E-state index in [9.17, 15) is 14.4 Å². The summed E-state index contributed by atoms with van der Waals surface area (Å²) in [5, 5.41) is 6.31. The molecule has 2 N–H and O–H groups in total. The van der Waals surface area contributed by atoms with E-state index in [-0.39, 0.29) is 29.3 Å². The van der Waals surface area contributed by atoms with E-state index < -0.39 is 0 Å². The average Bonchev–Trinajstić information content (AvgIpc) is 2.66. The third-order valence-electron chi connectivity index (χ3n) is 5.72. The zero-order valence-corrected chi connectivity index (χ0v) is 15.5. The van der Waals surface area contributed by atoms with Crippen molar-refractivity contribution in [2.75, 3.05) is 25.5 Å². The van der Waals surface area contributed by atoms with Gasteiger partial charge in [-0.3, -0.25) is 14.4 Å². The molecule has 2 saturated heterocycles. The highest BCUT2D eigenvalue weighted by Crippen LogP contribution is 2.33. The number of carbonyl (C=O) groups is 2. The van der Waals surface area contributed by atoms with Gasteiger partial charge in [-0.25, -0.2) is 0 Å². The van der Waals surface area contributed by atoms with Gasteiger partial charge in [0.1, 0.15) is 0 Å². The van der Waals surface area contributed by atoms with Crippen molar-refractivity contribution < 1.29 is 9.59 Å². The van der Waals surface area contributed by atoms with Crippen LogP contribution in [0.1, 0.15) is 32.6 Å². The molecule has 7 nitrogen and oxygen atoms in total. The molecule has 7 heteroatoms. The van der Waals surface area contributed by atoms with E-state index in [0.717, 1.165) is 25.9 Å². The van der Waals surface area contributed by atoms with Gasteiger partial charge in [-0.2, -0.15) is 0 Å². The molecule has 0 bridgehead atoms. The highest BCUT2D eigenvalue weighted by Gasteiger charge is 2.42. The van der Waals surface area contributed by atoms with Gasteiger partial charge in [0.2, 0.25) is 11.8 Å². The van der Waals surface area contributed by atoms with Crippen molar-refractivity contribution in [1.29, 1.82) is 0 Å². The van der Waals surface area contributed by atoms with Crippen molar-refractivity contribution in [3.05, 3.63) is 28.7 Å². The van der Waals surface area contributed by atoms with E-state index in [2.05, 4.69) is 10.6 Å². The molecule has 3 rings (SSSR count). The van der Waals surface area contributed by atoms with Crippen LogP contribution in [0.2, 0.25) is 0 Å². The van der Waals surface area contributed by atoms with Gasteiger partial charge in [-0.15, -0.1) is 0 Å². The molecule has 26 heavy (non-hydrogen) atoms. The summed E-state index contributed by atoms with van der Waals surface area (Å²) >= 11 is 0. The highest BCUT2D eigenvalue weighted by molar-refractivity contribution is 5.94. The first-order chi connectivity index (χ1) is 12.5. The van der Waals surface area contributed by atoms with Crippen molar-refractivity contribution in [2.24, 2.45) is 11.8 Å². The van der Waals surface area contributed by atoms with Crippen LogP contribution in [0.5, 0.6) is 0 Å². The SMILES string of the molecule is CCn1cc(NC(=O)[C@H]2CCC(=O)N(C)[C@@H]2C2CCNCC2)ccc1=O. The predicted octanol–water partition coefficient (Wildman–Crippen LogP) is 1.04. The maximum atomic E-state index is 13.0. The third kappa shape index (κ3) is 3.82. The molecule has 2 aliphatic heterocycles. The van der Waals surface area contributed by atoms with Crippen LogP contribution in [0, 0.1) is 11.8 Å². The Bertz CT molecular complexity index is 724. The van der Waals surface area contributed by atoms with Crippen LogP contribution >= 0.6 is 0 Å². The number of likely N-dealkylation sites (tertiary alicyclic amines) is 1. The molecule has 1 aromatic rings. The Morgan fingerprint density at radius 3 is 2.65 bits per heavy atom. The Labute approximate surface area is 153 Å². The third-order valence-corrected chi connectivity index (χ3v) is 5.72. The second kappa shape index (κ2) is 8.03. The summed E-state index contributed by atoms with van der Waals surface area (Å²) < 4.78 is 1.57. The number of hydrogen-bond acceptors (Lipinski definition) is 4. The molecule has 1 aromatic heterocycles. The molecule has 0 unspecified atom stereocenters. The van der Waals surface area contributed by atoms with E-state index in [1.807, 2.05) is 14.0 Å². The maximum Gasteiger partial charge on any atom is 0.250 e. The van der Waals surface area contributed by atoms with E-state index in [1.54, 1.807) is 21.7 Å². The van der Waals surface area contributed by atoms with Crippen LogP contribution in [0.3, 0.4) is 0 Å². The number of aryl methyl sites for hydroxylation is 1. The Hall–Kier alpha value is -2.15. The lowest BCUT2D eigenvalue weighted by Crippen LogP contribution is -2.55. The van der Waals surface area contributed by atoms with Crippen LogP contribution in [0.25, 0.3) is 0 Å². The van der Waals surface area contributed by atoms with Gasteiger partial charge >= 0.3 is 0 Å². The molecule has 2 amide bonds. The smallest absolute Gasteiger partial charge is 0.250 e. The molecule has 3 heterocycles. The first-order valence-corrected chi connectivity index (χ1v) is 9.49. The monoisotopic (exact) mass is 360 g/mol. The van der Waals surface area contributed by atoms with Gasteiger partial charge in [0.15, 0.2) is 0 Å². The number of nitrogens with one attached hydrogen (secondary N) is 2. The van der Waals surface area contributed by atoms with E-state index in [0.29, 0.717) is 31.0 Å². The van der Waals surface area contributed by atoms with Crippen molar-refractivity contribution in [1.82, 2.24) is 14.8 Å². The van der Waals surface area contributed by atoms with Crippen molar-refractivity contribution in [2.45, 2.75) is 45.2 Å². The number of amides is 2. The van der Waals surface area contributed by atoms with Crippen molar-refractivity contribution in [3.8, 4) is 0 Å². The Kier molecular flexibility index (Phi) is 5.76. The lowest BCUT2D eigenvalue weighted by molar-refractivity contribution is -0.142. The molecule has 2 aliphatic rings. The summed E-state index contributed by atoms with van der Waals surface area (Å²) in [6.07, 6.45) is 4.62. The minimum atomic E-state index is -0.220. The minimum absolute atomic E-state index is 0.0598. The molecule has 0 aliphatic carbocycles. The van der Waals surface area contributed by atoms with E-state index >= 15 is 0 Å². The summed E-state index contributed by atoms with van der Waals surface area (Å²) in [6.45, 7) is 4.31. The number of nitrogens with zero attached hydrogens (tertiary/aromatic N) is 2. The van der Waals surface area contributed by atoms with E-state index in [4.69, 9.17) is 0 Å². The molecule has 0 aromatic carbocycles. The normalized spacial score (nSPS) is 24.5. The van der Waals surface area contributed by atoms with Gasteiger partial charge in [-0.05, 0) is 51.3 Å². The van der Waals surface area contributed by atoms with Crippen molar-refractivity contribution in [3.63, 3.8) is 0 Å². The number of aromatic nitrogens is 1. The topological polar surface area (TPSA) is 83.4 Å². The zero-order chi connectivity index (χ0) is 18.7. The van der Waals surface area contributed by atoms with Gasteiger partial charge in [0.05, 0.1) is 11.6 Å². The Morgan fingerprint density at radius 1 is 1.23 bits per heavy atom. The first-order valence-electron chi connectivity index (χ1n) is 9.49. The van der Waals surface area contributed by atoms with Gasteiger partial charge in [0.25, 0.3) is 5.56 Å². The molecule has 0 radical (unpaired) electrons. The highest BCUT2D eigenvalue weighted by atomic mass is 16.2. The predicted molar refractivity (Wildman–Crippen MR) is 99.9 cm³/mol. The van der Waals surface area contributed by atoms with Crippen LogP contribution in [0.4, 0.5) is 5.69 Å². The average molecular weight is 360 g/mol. The second-order valence-electron chi connectivity index (χ2n) is 7.26. The van der Waals surface area contributed by atoms with E-state index in [1.165, 1.54) is 6.07 Å². The molecule has 2 fully saturated rings. The second-order valence-corrected chi connectivity index (χ2v) is 7.26. The first kappa shape index (κ1) is 18.6. The number of piperidine rings is 2. The largest absolute Gasteiger partial charge is 0.342 e. The lowest BCUT2D eigenvalue weighted by Gasteiger charge is -2.44. The lowest BCUT2D eigenvalue weighted by atomic mass is 9.77. The fourth-order valence-electron chi connectivity index (χ4n) is 4.27. The number of rotatable bonds is 4. The summed E-state index contributed by atoms with van der Waals surface area (Å²) in [5.41, 5.74) is 0.543. The molecule has 0 saturated carbocycles. The van der Waals surface area contributed by atoms with Crippen molar-refractivity contribution >= 4 is 17.5 Å². The van der Waals surface area contributed by atoms with Crippen LogP contribution in [0.15, 0.2) is 23.1 Å². The number of hydrogen-bond donors (Lipinski definition) is 2. The molecular formula is C19H28N4O3. The number of carbonyl (C=O) groups excluding carboxylic acids is 2. The Balaban J connectivity index is 1.79. The van der Waals surface area contributed by atoms with Crippen LogP contribution < -0.4 is 16.2 Å².